The Morgan fingerprint density at radius 2 is 1.88 bits per heavy atom. The maximum absolute atomic E-state index is 12.4. The van der Waals surface area contributed by atoms with Crippen molar-refractivity contribution in [3.63, 3.8) is 0 Å². The average Bonchev–Trinajstić information content (AvgIpc) is 2.51. The molecule has 0 spiro atoms. The summed E-state index contributed by atoms with van der Waals surface area (Å²) in [6.07, 6.45) is 0.910. The van der Waals surface area contributed by atoms with Crippen LogP contribution in [0.15, 0.2) is 24.3 Å². The first-order chi connectivity index (χ1) is 11.3. The van der Waals surface area contributed by atoms with Crippen molar-refractivity contribution in [3.8, 4) is 5.75 Å². The zero-order valence-corrected chi connectivity index (χ0v) is 14.8. The monoisotopic (exact) mass is 337 g/mol. The molecule has 1 aromatic carbocycles. The van der Waals surface area contributed by atoms with Crippen molar-refractivity contribution < 1.29 is 24.2 Å². The number of carboxylic acid groups (broad SMARTS) is 1. The third-order valence-electron chi connectivity index (χ3n) is 3.96. The number of ether oxygens (including phenoxy) is 2. The van der Waals surface area contributed by atoms with E-state index in [-0.39, 0.29) is 24.9 Å². The summed E-state index contributed by atoms with van der Waals surface area (Å²) in [7, 11) is 3.09. The van der Waals surface area contributed by atoms with E-state index in [1.807, 2.05) is 31.2 Å². The summed E-state index contributed by atoms with van der Waals surface area (Å²) in [5, 5.41) is 11.8. The average molecular weight is 337 g/mol. The second-order valence-electron chi connectivity index (χ2n) is 6.19. The van der Waals surface area contributed by atoms with Gasteiger partial charge >= 0.3 is 5.97 Å². The Bertz CT molecular complexity index is 543. The number of rotatable bonds is 10. The molecule has 2 atom stereocenters. The highest BCUT2D eigenvalue weighted by molar-refractivity contribution is 5.79. The summed E-state index contributed by atoms with van der Waals surface area (Å²) in [5.74, 6) is -0.324. The number of amides is 1. The lowest BCUT2D eigenvalue weighted by atomic mass is 9.91. The van der Waals surface area contributed by atoms with Crippen LogP contribution < -0.4 is 10.1 Å². The van der Waals surface area contributed by atoms with Gasteiger partial charge in [-0.15, -0.1) is 0 Å². The summed E-state index contributed by atoms with van der Waals surface area (Å²) in [5.41, 5.74) is 0.135. The topological polar surface area (TPSA) is 84.9 Å². The van der Waals surface area contributed by atoms with Gasteiger partial charge in [0.25, 0.3) is 0 Å². The van der Waals surface area contributed by atoms with Crippen molar-refractivity contribution in [1.29, 1.82) is 0 Å². The van der Waals surface area contributed by atoms with Crippen molar-refractivity contribution in [2.45, 2.75) is 44.6 Å². The van der Waals surface area contributed by atoms with Crippen LogP contribution in [-0.2, 0) is 14.3 Å². The van der Waals surface area contributed by atoms with Gasteiger partial charge in [-0.1, -0.05) is 19.1 Å². The Balaban J connectivity index is 2.76. The second-order valence-corrected chi connectivity index (χ2v) is 6.19. The summed E-state index contributed by atoms with van der Waals surface area (Å²) >= 11 is 0. The van der Waals surface area contributed by atoms with Gasteiger partial charge < -0.3 is 19.9 Å². The highest BCUT2D eigenvalue weighted by atomic mass is 16.5. The Morgan fingerprint density at radius 1 is 1.25 bits per heavy atom. The molecule has 0 bridgehead atoms. The molecule has 2 N–H and O–H groups in total. The number of carbonyl (C=O) groups excluding carboxylic acids is 1. The van der Waals surface area contributed by atoms with E-state index in [1.54, 1.807) is 14.0 Å². The minimum absolute atomic E-state index is 0.0625. The van der Waals surface area contributed by atoms with Gasteiger partial charge in [-0.2, -0.15) is 0 Å². The molecule has 0 aliphatic carbocycles. The molecule has 1 aromatic rings. The molecule has 0 aliphatic rings. The van der Waals surface area contributed by atoms with Crippen LogP contribution >= 0.6 is 0 Å². The van der Waals surface area contributed by atoms with Gasteiger partial charge in [-0.25, -0.2) is 0 Å². The molecule has 6 heteroatoms. The van der Waals surface area contributed by atoms with Crippen LogP contribution in [0, 0.1) is 0 Å². The molecule has 0 saturated heterocycles. The van der Waals surface area contributed by atoms with Gasteiger partial charge in [0.2, 0.25) is 5.91 Å². The van der Waals surface area contributed by atoms with Crippen LogP contribution in [0.5, 0.6) is 5.75 Å². The number of methoxy groups -OCH3 is 2. The molecular formula is C18H27NO5. The lowest BCUT2D eigenvalue weighted by Crippen LogP contribution is -2.51. The highest BCUT2D eigenvalue weighted by Gasteiger charge is 2.30. The van der Waals surface area contributed by atoms with E-state index < -0.39 is 11.5 Å². The zero-order valence-electron chi connectivity index (χ0n) is 14.8. The van der Waals surface area contributed by atoms with Crippen LogP contribution in [0.25, 0.3) is 0 Å². The molecule has 0 saturated carbocycles. The quantitative estimate of drug-likeness (QED) is 0.685. The maximum Gasteiger partial charge on any atom is 0.305 e. The molecule has 0 heterocycles. The van der Waals surface area contributed by atoms with Crippen molar-refractivity contribution in [2.24, 2.45) is 0 Å². The SMILES string of the molecule is CCC(CC(=O)NC(C)(COC)CC(=O)O)c1ccc(OC)cc1. The van der Waals surface area contributed by atoms with Crippen LogP contribution in [0.2, 0.25) is 0 Å². The number of carboxylic acids is 1. The number of benzene rings is 1. The predicted molar refractivity (Wildman–Crippen MR) is 91.3 cm³/mol. The molecule has 0 aliphatic heterocycles. The zero-order chi connectivity index (χ0) is 18.2. The first-order valence-electron chi connectivity index (χ1n) is 7.99. The predicted octanol–water partition coefficient (Wildman–Crippen LogP) is 2.57. The number of hydrogen-bond donors (Lipinski definition) is 2. The Morgan fingerprint density at radius 3 is 2.33 bits per heavy atom. The first-order valence-corrected chi connectivity index (χ1v) is 7.99. The Hall–Kier alpha value is -2.08. The van der Waals surface area contributed by atoms with Gasteiger partial charge in [0.05, 0.1) is 25.7 Å². The third-order valence-corrected chi connectivity index (χ3v) is 3.96. The van der Waals surface area contributed by atoms with Gasteiger partial charge in [0.15, 0.2) is 0 Å². The van der Waals surface area contributed by atoms with Crippen LogP contribution in [0.3, 0.4) is 0 Å². The molecular weight excluding hydrogens is 310 g/mol. The fourth-order valence-corrected chi connectivity index (χ4v) is 2.77. The van der Waals surface area contributed by atoms with Crippen LogP contribution in [0.1, 0.15) is 44.6 Å². The molecule has 24 heavy (non-hydrogen) atoms. The number of hydrogen-bond acceptors (Lipinski definition) is 4. The van der Waals surface area contributed by atoms with E-state index in [0.29, 0.717) is 6.42 Å². The van der Waals surface area contributed by atoms with Crippen LogP contribution in [-0.4, -0.2) is 43.3 Å². The van der Waals surface area contributed by atoms with Crippen molar-refractivity contribution >= 4 is 11.9 Å². The normalized spacial score (nSPS) is 14.5. The molecule has 134 valence electrons. The van der Waals surface area contributed by atoms with E-state index >= 15 is 0 Å². The summed E-state index contributed by atoms with van der Waals surface area (Å²) in [4.78, 5) is 23.4. The minimum atomic E-state index is -0.975. The standard InChI is InChI=1S/C18H27NO5/c1-5-13(14-6-8-15(24-4)9-7-14)10-16(20)19-18(2,12-23-3)11-17(21)22/h6-9,13H,5,10-12H2,1-4H3,(H,19,20)(H,21,22). The van der Waals surface area contributed by atoms with E-state index in [4.69, 9.17) is 14.6 Å². The van der Waals surface area contributed by atoms with E-state index in [0.717, 1.165) is 17.7 Å². The highest BCUT2D eigenvalue weighted by Crippen LogP contribution is 2.25. The van der Waals surface area contributed by atoms with Crippen molar-refractivity contribution in [2.75, 3.05) is 20.8 Å². The van der Waals surface area contributed by atoms with E-state index in [2.05, 4.69) is 5.32 Å². The van der Waals surface area contributed by atoms with Gasteiger partial charge in [-0.3, -0.25) is 9.59 Å². The van der Waals surface area contributed by atoms with Gasteiger partial charge in [0, 0.05) is 13.5 Å². The number of nitrogens with one attached hydrogen (secondary N) is 1. The lowest BCUT2D eigenvalue weighted by molar-refractivity contribution is -0.139. The van der Waals surface area contributed by atoms with E-state index in [9.17, 15) is 9.59 Å². The smallest absolute Gasteiger partial charge is 0.305 e. The molecule has 0 aromatic heterocycles. The Labute approximate surface area is 143 Å². The molecule has 2 unspecified atom stereocenters. The Kier molecular flexibility index (Phi) is 7.71. The van der Waals surface area contributed by atoms with Gasteiger partial charge in [-0.05, 0) is 37.0 Å². The van der Waals surface area contributed by atoms with Gasteiger partial charge in [0.1, 0.15) is 5.75 Å². The fourth-order valence-electron chi connectivity index (χ4n) is 2.77. The fraction of sp³-hybridized carbons (Fsp3) is 0.556. The van der Waals surface area contributed by atoms with E-state index in [1.165, 1.54) is 7.11 Å². The molecule has 1 amide bonds. The third kappa shape index (κ3) is 6.20. The molecule has 0 fully saturated rings. The largest absolute Gasteiger partial charge is 0.497 e. The summed E-state index contributed by atoms with van der Waals surface area (Å²) < 4.78 is 10.2. The molecule has 6 nitrogen and oxygen atoms in total. The lowest BCUT2D eigenvalue weighted by Gasteiger charge is -2.29. The summed E-state index contributed by atoms with van der Waals surface area (Å²) in [6.45, 7) is 3.84. The second kappa shape index (κ2) is 9.27. The summed E-state index contributed by atoms with van der Waals surface area (Å²) in [6, 6.07) is 7.64. The van der Waals surface area contributed by atoms with Crippen LogP contribution in [0.4, 0.5) is 0 Å². The first kappa shape index (κ1) is 20.0. The molecule has 1 rings (SSSR count). The number of carbonyl (C=O) groups is 2. The van der Waals surface area contributed by atoms with Crippen molar-refractivity contribution in [1.82, 2.24) is 5.32 Å². The minimum Gasteiger partial charge on any atom is -0.497 e. The maximum atomic E-state index is 12.4. The molecule has 0 radical (unpaired) electrons. The number of aliphatic carboxylic acids is 1. The van der Waals surface area contributed by atoms with Crippen molar-refractivity contribution in [3.05, 3.63) is 29.8 Å².